The molecule has 0 atom stereocenters. The maximum atomic E-state index is 14.1. The summed E-state index contributed by atoms with van der Waals surface area (Å²) in [6.07, 6.45) is 0.394. The number of ether oxygens (including phenoxy) is 1. The molecular formula is C16H16ClF4N3O2. The smallest absolute Gasteiger partial charge is 0.271 e. The summed E-state index contributed by atoms with van der Waals surface area (Å²) in [7, 11) is 1.45. The van der Waals surface area contributed by atoms with E-state index in [2.05, 4.69) is 10.4 Å². The first-order valence-corrected chi connectivity index (χ1v) is 8.03. The van der Waals surface area contributed by atoms with Crippen LogP contribution in [0.25, 0.3) is 0 Å². The fraction of sp³-hybridized carbons (Fsp3) is 0.375. The van der Waals surface area contributed by atoms with Crippen LogP contribution < -0.4 is 10.1 Å². The van der Waals surface area contributed by atoms with Crippen LogP contribution in [-0.4, -0.2) is 22.3 Å². The molecule has 0 aliphatic rings. The monoisotopic (exact) mass is 393 g/mol. The van der Waals surface area contributed by atoms with Gasteiger partial charge in [0, 0.05) is 19.2 Å². The van der Waals surface area contributed by atoms with Crippen molar-refractivity contribution in [3.63, 3.8) is 0 Å². The van der Waals surface area contributed by atoms with Gasteiger partial charge in [-0.1, -0.05) is 18.5 Å². The lowest BCUT2D eigenvalue weighted by Gasteiger charge is -2.13. The Morgan fingerprint density at radius 2 is 1.77 bits per heavy atom. The third-order valence-electron chi connectivity index (χ3n) is 3.55. The number of hydrogen-bond donors (Lipinski definition) is 1. The summed E-state index contributed by atoms with van der Waals surface area (Å²) in [6.45, 7) is 2.33. The van der Waals surface area contributed by atoms with Crippen LogP contribution in [0.2, 0.25) is 5.02 Å². The maximum absolute atomic E-state index is 14.1. The first-order valence-electron chi connectivity index (χ1n) is 7.65. The van der Waals surface area contributed by atoms with Crippen LogP contribution in [0.15, 0.2) is 0 Å². The summed E-state index contributed by atoms with van der Waals surface area (Å²) in [4.78, 5) is 12.2. The molecule has 2 rings (SSSR count). The van der Waals surface area contributed by atoms with Gasteiger partial charge in [0.2, 0.25) is 11.6 Å². The van der Waals surface area contributed by atoms with Crippen molar-refractivity contribution in [2.24, 2.45) is 7.05 Å². The highest BCUT2D eigenvalue weighted by molar-refractivity contribution is 6.34. The number of amides is 1. The third kappa shape index (κ3) is 3.62. The minimum absolute atomic E-state index is 0.0474. The van der Waals surface area contributed by atoms with Crippen LogP contribution in [0.5, 0.6) is 5.75 Å². The van der Waals surface area contributed by atoms with E-state index in [4.69, 9.17) is 16.3 Å². The van der Waals surface area contributed by atoms with E-state index in [0.29, 0.717) is 12.1 Å². The van der Waals surface area contributed by atoms with Crippen LogP contribution in [-0.2, 0) is 13.6 Å². The van der Waals surface area contributed by atoms with Gasteiger partial charge in [0.25, 0.3) is 5.91 Å². The number of nitrogens with zero attached hydrogens (tertiary/aromatic N) is 2. The van der Waals surface area contributed by atoms with Gasteiger partial charge in [0.05, 0.1) is 17.3 Å². The molecule has 26 heavy (non-hydrogen) atoms. The second-order valence-corrected chi connectivity index (χ2v) is 5.84. The standard InChI is InChI=1S/C16H16ClF4N3O2/c1-4-5-26-15-12(20)10(18)8(11(19)13(15)21)6-22-16(25)14-9(17)7(2)23-24(14)3/h4-6H2,1-3H3,(H,22,25). The Bertz CT molecular complexity index is 826. The molecule has 0 aliphatic carbocycles. The molecule has 1 amide bonds. The molecule has 0 aliphatic heterocycles. The number of nitrogens with one attached hydrogen (secondary N) is 1. The Morgan fingerprint density at radius 1 is 1.19 bits per heavy atom. The highest BCUT2D eigenvalue weighted by Crippen LogP contribution is 2.30. The predicted molar refractivity (Wildman–Crippen MR) is 86.2 cm³/mol. The summed E-state index contributed by atoms with van der Waals surface area (Å²) in [5.74, 6) is -8.51. The SMILES string of the molecule is CCCOc1c(F)c(F)c(CNC(=O)c2c(Cl)c(C)nn2C)c(F)c1F. The van der Waals surface area contributed by atoms with E-state index in [1.54, 1.807) is 13.8 Å². The van der Waals surface area contributed by atoms with Crippen LogP contribution >= 0.6 is 11.6 Å². The van der Waals surface area contributed by atoms with E-state index in [1.807, 2.05) is 0 Å². The molecule has 0 fully saturated rings. The molecule has 1 heterocycles. The highest BCUT2D eigenvalue weighted by Gasteiger charge is 2.27. The molecule has 0 saturated heterocycles. The third-order valence-corrected chi connectivity index (χ3v) is 4.01. The van der Waals surface area contributed by atoms with Gasteiger partial charge in [-0.15, -0.1) is 0 Å². The van der Waals surface area contributed by atoms with Gasteiger partial charge in [0.1, 0.15) is 5.69 Å². The van der Waals surface area contributed by atoms with Gasteiger partial charge >= 0.3 is 0 Å². The number of rotatable bonds is 6. The van der Waals surface area contributed by atoms with Crippen LogP contribution in [0.4, 0.5) is 17.6 Å². The summed E-state index contributed by atoms with van der Waals surface area (Å²) in [6, 6.07) is 0. The Labute approximate surface area is 151 Å². The normalized spacial score (nSPS) is 10.9. The zero-order chi connectivity index (χ0) is 19.6. The zero-order valence-corrected chi connectivity index (χ0v) is 15.0. The fourth-order valence-electron chi connectivity index (χ4n) is 2.27. The molecule has 142 valence electrons. The number of hydrogen-bond acceptors (Lipinski definition) is 3. The Balaban J connectivity index is 2.28. The number of aromatic nitrogens is 2. The zero-order valence-electron chi connectivity index (χ0n) is 14.2. The van der Waals surface area contributed by atoms with Crippen molar-refractivity contribution < 1.29 is 27.1 Å². The van der Waals surface area contributed by atoms with Gasteiger partial charge in [-0.2, -0.15) is 13.9 Å². The quantitative estimate of drug-likeness (QED) is 0.602. The molecule has 1 aromatic carbocycles. The van der Waals surface area contributed by atoms with Crippen molar-refractivity contribution in [2.75, 3.05) is 6.61 Å². The topological polar surface area (TPSA) is 56.1 Å². The summed E-state index contributed by atoms with van der Waals surface area (Å²) in [5.41, 5.74) is -0.632. The van der Waals surface area contributed by atoms with E-state index < -0.39 is 47.0 Å². The first-order chi connectivity index (χ1) is 12.2. The number of aryl methyl sites for hydroxylation is 2. The van der Waals surface area contributed by atoms with Crippen LogP contribution in [0.3, 0.4) is 0 Å². The largest absolute Gasteiger partial charge is 0.487 e. The molecule has 0 radical (unpaired) electrons. The Kier molecular flexibility index (Phi) is 6.12. The number of carbonyl (C=O) groups is 1. The number of benzene rings is 1. The van der Waals surface area contributed by atoms with E-state index >= 15 is 0 Å². The number of halogens is 5. The average Bonchev–Trinajstić information content (AvgIpc) is 2.85. The first kappa shape index (κ1) is 20.0. The van der Waals surface area contributed by atoms with Gasteiger partial charge < -0.3 is 10.1 Å². The van der Waals surface area contributed by atoms with Crippen molar-refractivity contribution in [2.45, 2.75) is 26.8 Å². The maximum Gasteiger partial charge on any atom is 0.271 e. The van der Waals surface area contributed by atoms with Crippen molar-refractivity contribution in [3.05, 3.63) is 45.2 Å². The molecule has 5 nitrogen and oxygen atoms in total. The second kappa shape index (κ2) is 7.94. The van der Waals surface area contributed by atoms with Crippen molar-refractivity contribution in [3.8, 4) is 5.75 Å². The summed E-state index contributed by atoms with van der Waals surface area (Å²) in [5, 5.41) is 6.16. The minimum atomic E-state index is -1.66. The van der Waals surface area contributed by atoms with Crippen molar-refractivity contribution in [1.29, 1.82) is 0 Å². The van der Waals surface area contributed by atoms with Crippen LogP contribution in [0, 0.1) is 30.2 Å². The lowest BCUT2D eigenvalue weighted by Crippen LogP contribution is -2.27. The van der Waals surface area contributed by atoms with Crippen LogP contribution in [0.1, 0.15) is 35.1 Å². The molecular weight excluding hydrogens is 378 g/mol. The lowest BCUT2D eigenvalue weighted by atomic mass is 10.1. The molecule has 0 saturated carbocycles. The molecule has 0 bridgehead atoms. The van der Waals surface area contributed by atoms with Gasteiger partial charge in [-0.25, -0.2) is 8.78 Å². The molecule has 1 aromatic heterocycles. The van der Waals surface area contributed by atoms with Gasteiger partial charge in [0.15, 0.2) is 17.4 Å². The van der Waals surface area contributed by atoms with Crippen molar-refractivity contribution >= 4 is 17.5 Å². The van der Waals surface area contributed by atoms with Crippen molar-refractivity contribution in [1.82, 2.24) is 15.1 Å². The molecule has 0 unspecified atom stereocenters. The Hall–Kier alpha value is -2.29. The fourth-order valence-corrected chi connectivity index (χ4v) is 2.52. The molecule has 0 spiro atoms. The lowest BCUT2D eigenvalue weighted by molar-refractivity contribution is 0.0940. The second-order valence-electron chi connectivity index (χ2n) is 5.47. The molecule has 2 aromatic rings. The minimum Gasteiger partial charge on any atom is -0.487 e. The van der Waals surface area contributed by atoms with E-state index in [0.717, 1.165) is 0 Å². The van der Waals surface area contributed by atoms with E-state index in [9.17, 15) is 22.4 Å². The molecule has 1 N–H and O–H groups in total. The van der Waals surface area contributed by atoms with E-state index in [-0.39, 0.29) is 17.3 Å². The van der Waals surface area contributed by atoms with E-state index in [1.165, 1.54) is 11.7 Å². The Morgan fingerprint density at radius 3 is 2.23 bits per heavy atom. The molecule has 10 heteroatoms. The summed E-state index contributed by atoms with van der Waals surface area (Å²) >= 11 is 5.94. The van der Waals surface area contributed by atoms with Gasteiger partial charge in [-0.05, 0) is 13.3 Å². The average molecular weight is 394 g/mol. The number of carbonyl (C=O) groups excluding carboxylic acids is 1. The summed E-state index contributed by atoms with van der Waals surface area (Å²) < 4.78 is 62.0. The van der Waals surface area contributed by atoms with Gasteiger partial charge in [-0.3, -0.25) is 9.48 Å². The predicted octanol–water partition coefficient (Wildman–Crippen LogP) is 3.66. The highest BCUT2D eigenvalue weighted by atomic mass is 35.5.